The molecule has 22 heteroatoms. The molecule has 3 unspecified atom stereocenters. The standard InChI is InChI=1S/C21H24N9O12P/c1-38-21-11(33)12(21)41-19(30-5-26-8-15(30)27-20(22)28-17(8)35)13(21)42-43(36,37)39-2-6-9(31)10(32)18(40-6)29-4-25-7-14(29)23-3-24-16(7)34/h3-6,9-13,18-19,31-33H,2H2,1H3,(H,36,37)(H,23,24,34)(H3,22,27,28,35)/t6-,9-,10-,11?,12-,13?,18-,19-,21-/m1/s1. The van der Waals surface area contributed by atoms with Gasteiger partial charge in [0.2, 0.25) is 11.8 Å². The molecule has 4 aromatic heterocycles. The minimum atomic E-state index is -5.04. The van der Waals surface area contributed by atoms with E-state index in [-0.39, 0.29) is 28.3 Å². The normalized spacial score (nSPS) is 35.0. The number of hydrogen-bond acceptors (Lipinski definition) is 17. The summed E-state index contributed by atoms with van der Waals surface area (Å²) in [5.41, 5.74) is 3.45. The lowest BCUT2D eigenvalue weighted by molar-refractivity contribution is -0.105. The van der Waals surface area contributed by atoms with Gasteiger partial charge in [-0.2, -0.15) is 9.97 Å². The quantitative estimate of drug-likeness (QED) is 0.0961. The third-order valence-corrected chi connectivity index (χ3v) is 8.72. The SMILES string of the molecule is CO[C@@]12C(OP(=O)(O)OC[C@H]3O[C@@H](n4cnc5c(O)ncnc54)[C@H](O)[C@@H]3O)[C@H](n3cnc4c(=O)[nH]c(N)nc43)O[C@@H]1C2O. The van der Waals surface area contributed by atoms with E-state index in [9.17, 15) is 34.7 Å². The van der Waals surface area contributed by atoms with Crippen molar-refractivity contribution in [2.45, 2.75) is 54.7 Å². The van der Waals surface area contributed by atoms with Crippen LogP contribution < -0.4 is 11.3 Å². The van der Waals surface area contributed by atoms with Crippen molar-refractivity contribution in [1.29, 1.82) is 0 Å². The van der Waals surface area contributed by atoms with Crippen LogP contribution in [0.25, 0.3) is 22.3 Å². The highest BCUT2D eigenvalue weighted by Gasteiger charge is 2.80. The summed E-state index contributed by atoms with van der Waals surface area (Å²) in [4.78, 5) is 44.9. The Labute approximate surface area is 238 Å². The van der Waals surface area contributed by atoms with Crippen molar-refractivity contribution in [3.63, 3.8) is 0 Å². The Hall–Kier alpha value is -3.63. The predicted molar refractivity (Wildman–Crippen MR) is 136 cm³/mol. The number of fused-ring (bicyclic) bond motifs is 3. The minimum absolute atomic E-state index is 0.0230. The molecule has 10 atom stereocenters. The fourth-order valence-corrected chi connectivity index (χ4v) is 6.54. The Kier molecular flexibility index (Phi) is 6.34. The van der Waals surface area contributed by atoms with E-state index in [1.807, 2.05) is 0 Å². The number of imidazole rings is 2. The van der Waals surface area contributed by atoms with Crippen LogP contribution in [0.4, 0.5) is 5.95 Å². The molecule has 2 saturated heterocycles. The van der Waals surface area contributed by atoms with Gasteiger partial charge in [0.05, 0.1) is 19.3 Å². The van der Waals surface area contributed by atoms with Crippen LogP contribution in [-0.4, -0.2) is 120 Å². The van der Waals surface area contributed by atoms with E-state index in [0.717, 1.165) is 6.33 Å². The third kappa shape index (κ3) is 4.17. The monoisotopic (exact) mass is 625 g/mol. The van der Waals surface area contributed by atoms with Gasteiger partial charge in [0, 0.05) is 7.11 Å². The number of nitrogens with zero attached hydrogens (tertiary/aromatic N) is 7. The first-order chi connectivity index (χ1) is 20.5. The van der Waals surface area contributed by atoms with Crippen LogP contribution in [-0.2, 0) is 27.8 Å². The maximum absolute atomic E-state index is 13.2. The summed E-state index contributed by atoms with van der Waals surface area (Å²) >= 11 is 0. The molecule has 3 aliphatic rings. The molecular weight excluding hydrogens is 601 g/mol. The van der Waals surface area contributed by atoms with Crippen LogP contribution in [0.15, 0.2) is 23.8 Å². The smallest absolute Gasteiger partial charge is 0.472 e. The van der Waals surface area contributed by atoms with Gasteiger partial charge >= 0.3 is 7.82 Å². The van der Waals surface area contributed by atoms with Gasteiger partial charge < -0.3 is 45.3 Å². The zero-order valence-corrected chi connectivity index (χ0v) is 22.7. The van der Waals surface area contributed by atoms with E-state index in [1.165, 1.54) is 28.9 Å². The van der Waals surface area contributed by atoms with Crippen LogP contribution >= 0.6 is 7.82 Å². The number of nitrogens with one attached hydrogen (secondary N) is 1. The summed E-state index contributed by atoms with van der Waals surface area (Å²) in [5, 5.41) is 41.6. The van der Waals surface area contributed by atoms with Crippen molar-refractivity contribution in [3.8, 4) is 5.88 Å². The molecule has 0 spiro atoms. The number of ether oxygens (including phenoxy) is 3. The summed E-state index contributed by atoms with van der Waals surface area (Å²) in [6, 6.07) is 0. The van der Waals surface area contributed by atoms with Gasteiger partial charge in [0.25, 0.3) is 5.56 Å². The molecule has 6 heterocycles. The topological polar surface area (TPSA) is 298 Å². The second-order valence-corrected chi connectivity index (χ2v) is 11.5. The number of aromatic amines is 1. The zero-order chi connectivity index (χ0) is 30.4. The molecule has 21 nitrogen and oxygen atoms in total. The molecule has 0 amide bonds. The number of phosphoric ester groups is 1. The number of nitrogen functional groups attached to an aromatic ring is 1. The lowest BCUT2D eigenvalue weighted by Crippen LogP contribution is -2.40. The van der Waals surface area contributed by atoms with Crippen molar-refractivity contribution in [2.75, 3.05) is 19.5 Å². The molecule has 4 aromatic rings. The number of H-pyrrole nitrogens is 1. The largest absolute Gasteiger partial charge is 0.492 e. The first kappa shape index (κ1) is 28.2. The molecule has 7 rings (SSSR count). The number of methoxy groups -OCH3 is 1. The number of hydrogen-bond donors (Lipinski definition) is 7. The molecule has 2 aliphatic heterocycles. The lowest BCUT2D eigenvalue weighted by atomic mass is 10.1. The van der Waals surface area contributed by atoms with Crippen molar-refractivity contribution in [2.24, 2.45) is 0 Å². The Morgan fingerprint density at radius 2 is 1.79 bits per heavy atom. The predicted octanol–water partition coefficient (Wildman–Crippen LogP) is -2.97. The average molecular weight is 625 g/mol. The number of aliphatic hydroxyl groups is 3. The Morgan fingerprint density at radius 3 is 2.53 bits per heavy atom. The number of aromatic hydroxyl groups is 1. The maximum atomic E-state index is 13.2. The highest BCUT2D eigenvalue weighted by molar-refractivity contribution is 7.47. The number of anilines is 1. The highest BCUT2D eigenvalue weighted by Crippen LogP contribution is 2.61. The molecule has 3 fully saturated rings. The van der Waals surface area contributed by atoms with E-state index in [4.69, 9.17) is 29.0 Å². The molecule has 43 heavy (non-hydrogen) atoms. The summed E-state index contributed by atoms with van der Waals surface area (Å²) in [7, 11) is -3.79. The van der Waals surface area contributed by atoms with Gasteiger partial charge in [-0.25, -0.2) is 19.5 Å². The number of aromatic nitrogens is 8. The Balaban J connectivity index is 1.11. The van der Waals surface area contributed by atoms with E-state index in [0.29, 0.717) is 0 Å². The van der Waals surface area contributed by atoms with Crippen LogP contribution in [0.5, 0.6) is 5.88 Å². The van der Waals surface area contributed by atoms with Gasteiger partial charge in [-0.3, -0.25) is 28.0 Å². The molecule has 8 N–H and O–H groups in total. The number of rotatable bonds is 8. The van der Waals surface area contributed by atoms with Crippen LogP contribution in [0.1, 0.15) is 12.5 Å². The fraction of sp³-hybridized carbons (Fsp3) is 0.524. The maximum Gasteiger partial charge on any atom is 0.472 e. The van der Waals surface area contributed by atoms with E-state index in [2.05, 4.69) is 29.9 Å². The number of nitrogens with two attached hydrogens (primary N) is 1. The number of aliphatic hydroxyl groups excluding tert-OH is 3. The molecular formula is C21H24N9O12P. The first-order valence-corrected chi connectivity index (χ1v) is 14.1. The molecule has 0 aromatic carbocycles. The van der Waals surface area contributed by atoms with Crippen molar-refractivity contribution >= 4 is 36.1 Å². The summed E-state index contributed by atoms with van der Waals surface area (Å²) in [5.74, 6) is -0.628. The molecule has 0 radical (unpaired) electrons. The summed E-state index contributed by atoms with van der Waals surface area (Å²) < 4.78 is 43.3. The van der Waals surface area contributed by atoms with Crippen LogP contribution in [0.2, 0.25) is 0 Å². The van der Waals surface area contributed by atoms with Gasteiger partial charge in [-0.15, -0.1) is 0 Å². The average Bonchev–Trinajstić information content (AvgIpc) is 3.48. The van der Waals surface area contributed by atoms with Crippen LogP contribution in [0, 0.1) is 0 Å². The van der Waals surface area contributed by atoms with Crippen molar-refractivity contribution < 1.29 is 53.1 Å². The highest BCUT2D eigenvalue weighted by atomic mass is 31.2. The van der Waals surface area contributed by atoms with Gasteiger partial charge in [-0.1, -0.05) is 0 Å². The van der Waals surface area contributed by atoms with Gasteiger partial charge in [-0.05, 0) is 0 Å². The second-order valence-electron chi connectivity index (χ2n) is 10.1. The second kappa shape index (κ2) is 9.69. The minimum Gasteiger partial charge on any atom is -0.492 e. The van der Waals surface area contributed by atoms with Gasteiger partial charge in [0.1, 0.15) is 43.0 Å². The van der Waals surface area contributed by atoms with Crippen molar-refractivity contribution in [1.82, 2.24) is 39.0 Å². The Morgan fingerprint density at radius 1 is 1.07 bits per heavy atom. The first-order valence-electron chi connectivity index (χ1n) is 12.6. The molecule has 0 bridgehead atoms. The zero-order valence-electron chi connectivity index (χ0n) is 21.8. The van der Waals surface area contributed by atoms with Crippen LogP contribution in [0.3, 0.4) is 0 Å². The fourth-order valence-electron chi connectivity index (χ4n) is 5.58. The third-order valence-electron chi connectivity index (χ3n) is 7.75. The molecule has 230 valence electrons. The van der Waals surface area contributed by atoms with Gasteiger partial charge in [0.15, 0.2) is 40.4 Å². The Bertz CT molecular complexity index is 1830. The van der Waals surface area contributed by atoms with Crippen molar-refractivity contribution in [3.05, 3.63) is 29.3 Å². The van der Waals surface area contributed by atoms with E-state index in [1.54, 1.807) is 0 Å². The lowest BCUT2D eigenvalue weighted by Gasteiger charge is -2.29. The van der Waals surface area contributed by atoms with E-state index >= 15 is 0 Å². The molecule has 1 saturated carbocycles. The number of phosphoric acid groups is 1. The van der Waals surface area contributed by atoms with E-state index < -0.39 is 80.5 Å². The molecule has 1 aliphatic carbocycles. The summed E-state index contributed by atoms with van der Waals surface area (Å²) in [6.45, 7) is -0.735. The summed E-state index contributed by atoms with van der Waals surface area (Å²) in [6.07, 6.45) is -7.25.